The second kappa shape index (κ2) is 7.03. The highest BCUT2D eigenvalue weighted by molar-refractivity contribution is 5.92. The molecule has 0 N–H and O–H groups in total. The van der Waals surface area contributed by atoms with E-state index in [4.69, 9.17) is 0 Å². The largest absolute Gasteiger partial charge is 0.336 e. The molecule has 1 fully saturated rings. The van der Waals surface area contributed by atoms with E-state index in [1.165, 1.54) is 5.56 Å². The molecule has 3 rings (SSSR count). The van der Waals surface area contributed by atoms with Gasteiger partial charge >= 0.3 is 0 Å². The zero-order chi connectivity index (χ0) is 18.0. The molecule has 0 spiro atoms. The minimum absolute atomic E-state index is 0.0223. The number of carbonyl (C=O) groups is 1. The van der Waals surface area contributed by atoms with Crippen LogP contribution in [0.15, 0.2) is 36.4 Å². The van der Waals surface area contributed by atoms with Crippen molar-refractivity contribution in [3.8, 4) is 0 Å². The first kappa shape index (κ1) is 17.7. The van der Waals surface area contributed by atoms with Crippen LogP contribution in [0.3, 0.4) is 0 Å². The predicted octanol–water partition coefficient (Wildman–Crippen LogP) is 3.81. The molecule has 1 aromatic carbocycles. The molecule has 4 heteroatoms. The number of likely N-dealkylation sites (tertiary alicyclic amines) is 1. The van der Waals surface area contributed by atoms with Gasteiger partial charge in [0.05, 0.1) is 5.69 Å². The molecule has 1 atom stereocenters. The lowest BCUT2D eigenvalue weighted by molar-refractivity contribution is 0.0640. The number of nitrogens with zero attached hydrogens (tertiary/aromatic N) is 3. The van der Waals surface area contributed by atoms with E-state index in [0.717, 1.165) is 38.0 Å². The maximum Gasteiger partial charge on any atom is 0.272 e. The Labute approximate surface area is 150 Å². The number of hydrogen-bond donors (Lipinski definition) is 0. The van der Waals surface area contributed by atoms with Crippen molar-refractivity contribution >= 4 is 5.91 Å². The Bertz CT molecular complexity index is 735. The Hall–Kier alpha value is -2.10. The summed E-state index contributed by atoms with van der Waals surface area (Å²) in [6, 6.07) is 12.5. The first-order valence-electron chi connectivity index (χ1n) is 9.27. The van der Waals surface area contributed by atoms with E-state index < -0.39 is 0 Å². The fraction of sp³-hybridized carbons (Fsp3) is 0.524. The van der Waals surface area contributed by atoms with Crippen molar-refractivity contribution in [2.24, 2.45) is 13.0 Å². The zero-order valence-corrected chi connectivity index (χ0v) is 15.8. The molecular weight excluding hydrogens is 310 g/mol. The second-order valence-electron chi connectivity index (χ2n) is 8.00. The van der Waals surface area contributed by atoms with E-state index in [1.54, 1.807) is 4.68 Å². The van der Waals surface area contributed by atoms with Gasteiger partial charge in [0.1, 0.15) is 5.69 Å². The third-order valence-electron chi connectivity index (χ3n) is 5.22. The SMILES string of the molecule is CC(C)Cc1cc(C(=O)N2CCC[C@](C)(c3ccccc3)C2)n(C)n1. The molecule has 25 heavy (non-hydrogen) atoms. The Morgan fingerprint density at radius 3 is 2.68 bits per heavy atom. The van der Waals surface area contributed by atoms with Gasteiger partial charge in [0.2, 0.25) is 0 Å². The number of rotatable bonds is 4. The van der Waals surface area contributed by atoms with Gasteiger partial charge in [-0.2, -0.15) is 5.10 Å². The summed E-state index contributed by atoms with van der Waals surface area (Å²) in [6.07, 6.45) is 3.06. The minimum Gasteiger partial charge on any atom is -0.336 e. The van der Waals surface area contributed by atoms with E-state index >= 15 is 0 Å². The van der Waals surface area contributed by atoms with E-state index in [2.05, 4.69) is 50.1 Å². The van der Waals surface area contributed by atoms with Crippen LogP contribution in [0.2, 0.25) is 0 Å². The molecule has 1 aliphatic heterocycles. The molecule has 0 unspecified atom stereocenters. The van der Waals surface area contributed by atoms with Gasteiger partial charge < -0.3 is 4.90 Å². The first-order chi connectivity index (χ1) is 11.9. The van der Waals surface area contributed by atoms with Crippen molar-refractivity contribution in [2.75, 3.05) is 13.1 Å². The molecule has 4 nitrogen and oxygen atoms in total. The molecule has 1 saturated heterocycles. The highest BCUT2D eigenvalue weighted by atomic mass is 16.2. The normalized spacial score (nSPS) is 20.9. The Morgan fingerprint density at radius 2 is 2.00 bits per heavy atom. The number of aromatic nitrogens is 2. The standard InChI is InChI=1S/C21H29N3O/c1-16(2)13-18-14-19(23(4)22-18)20(25)24-12-8-11-21(3,15-24)17-9-6-5-7-10-17/h5-7,9-10,14,16H,8,11-13,15H2,1-4H3/t21-/m0/s1. The summed E-state index contributed by atoms with van der Waals surface area (Å²) >= 11 is 0. The topological polar surface area (TPSA) is 38.1 Å². The molecule has 2 heterocycles. The molecule has 2 aromatic rings. The molecule has 1 aromatic heterocycles. The predicted molar refractivity (Wildman–Crippen MR) is 101 cm³/mol. The summed E-state index contributed by atoms with van der Waals surface area (Å²) in [7, 11) is 1.87. The van der Waals surface area contributed by atoms with Gasteiger partial charge in [-0.15, -0.1) is 0 Å². The third-order valence-corrected chi connectivity index (χ3v) is 5.22. The number of hydrogen-bond acceptors (Lipinski definition) is 2. The Kier molecular flexibility index (Phi) is 4.98. The minimum atomic E-state index is 0.0223. The highest BCUT2D eigenvalue weighted by Gasteiger charge is 2.35. The van der Waals surface area contributed by atoms with Crippen LogP contribution in [0, 0.1) is 5.92 Å². The van der Waals surface area contributed by atoms with Crippen LogP contribution in [-0.4, -0.2) is 33.7 Å². The molecule has 0 saturated carbocycles. The van der Waals surface area contributed by atoms with E-state index in [1.807, 2.05) is 24.1 Å². The summed E-state index contributed by atoms with van der Waals surface area (Å²) in [4.78, 5) is 15.1. The zero-order valence-electron chi connectivity index (χ0n) is 15.8. The van der Waals surface area contributed by atoms with Crippen molar-refractivity contribution in [3.05, 3.63) is 53.3 Å². The van der Waals surface area contributed by atoms with Gasteiger partial charge in [0, 0.05) is 25.6 Å². The van der Waals surface area contributed by atoms with E-state index in [9.17, 15) is 4.79 Å². The van der Waals surface area contributed by atoms with Crippen molar-refractivity contribution in [1.82, 2.24) is 14.7 Å². The third kappa shape index (κ3) is 3.78. The van der Waals surface area contributed by atoms with Crippen molar-refractivity contribution in [2.45, 2.75) is 45.4 Å². The summed E-state index contributed by atoms with van der Waals surface area (Å²) in [5, 5.41) is 4.53. The number of amides is 1. The van der Waals surface area contributed by atoms with Crippen LogP contribution in [0.4, 0.5) is 0 Å². The Morgan fingerprint density at radius 1 is 1.28 bits per heavy atom. The molecule has 1 aliphatic rings. The van der Waals surface area contributed by atoms with Crippen LogP contribution >= 0.6 is 0 Å². The van der Waals surface area contributed by atoms with Crippen LogP contribution in [0.1, 0.15) is 55.4 Å². The monoisotopic (exact) mass is 339 g/mol. The molecule has 0 bridgehead atoms. The number of carbonyl (C=O) groups excluding carboxylic acids is 1. The number of piperidine rings is 1. The fourth-order valence-electron chi connectivity index (χ4n) is 3.90. The van der Waals surface area contributed by atoms with Crippen LogP contribution < -0.4 is 0 Å². The maximum atomic E-state index is 13.1. The molecule has 0 aliphatic carbocycles. The van der Waals surface area contributed by atoms with Crippen molar-refractivity contribution < 1.29 is 4.79 Å². The summed E-state index contributed by atoms with van der Waals surface area (Å²) in [6.45, 7) is 8.21. The lowest BCUT2D eigenvalue weighted by atomic mass is 9.76. The van der Waals surface area contributed by atoms with Crippen molar-refractivity contribution in [3.63, 3.8) is 0 Å². The smallest absolute Gasteiger partial charge is 0.272 e. The van der Waals surface area contributed by atoms with Crippen LogP contribution in [-0.2, 0) is 18.9 Å². The van der Waals surface area contributed by atoms with Crippen molar-refractivity contribution in [1.29, 1.82) is 0 Å². The summed E-state index contributed by atoms with van der Waals surface area (Å²) in [5.74, 6) is 0.640. The average Bonchev–Trinajstić information content (AvgIpc) is 2.94. The highest BCUT2D eigenvalue weighted by Crippen LogP contribution is 2.34. The molecule has 0 radical (unpaired) electrons. The van der Waals surface area contributed by atoms with Gasteiger partial charge in [-0.3, -0.25) is 9.48 Å². The average molecular weight is 339 g/mol. The molecular formula is C21H29N3O. The first-order valence-corrected chi connectivity index (χ1v) is 9.27. The number of aryl methyl sites for hydroxylation is 1. The maximum absolute atomic E-state index is 13.1. The lowest BCUT2D eigenvalue weighted by Gasteiger charge is -2.41. The van der Waals surface area contributed by atoms with E-state index in [0.29, 0.717) is 11.6 Å². The lowest BCUT2D eigenvalue weighted by Crippen LogP contribution is -2.47. The van der Waals surface area contributed by atoms with Gasteiger partial charge in [0.25, 0.3) is 5.91 Å². The van der Waals surface area contributed by atoms with Gasteiger partial charge in [-0.25, -0.2) is 0 Å². The molecule has 134 valence electrons. The van der Waals surface area contributed by atoms with Crippen LogP contribution in [0.5, 0.6) is 0 Å². The summed E-state index contributed by atoms with van der Waals surface area (Å²) in [5.41, 5.74) is 3.05. The van der Waals surface area contributed by atoms with E-state index in [-0.39, 0.29) is 11.3 Å². The van der Waals surface area contributed by atoms with Gasteiger partial charge in [-0.05, 0) is 36.8 Å². The number of benzene rings is 1. The van der Waals surface area contributed by atoms with Gasteiger partial charge in [0.15, 0.2) is 0 Å². The fourth-order valence-corrected chi connectivity index (χ4v) is 3.90. The molecule has 1 amide bonds. The second-order valence-corrected chi connectivity index (χ2v) is 8.00. The quantitative estimate of drug-likeness (QED) is 0.849. The van der Waals surface area contributed by atoms with Gasteiger partial charge in [-0.1, -0.05) is 51.1 Å². The summed E-state index contributed by atoms with van der Waals surface area (Å²) < 4.78 is 1.74. The van der Waals surface area contributed by atoms with Crippen LogP contribution in [0.25, 0.3) is 0 Å². The Balaban J connectivity index is 1.80.